The number of hydrogen-bond donors (Lipinski definition) is 7. The summed E-state index contributed by atoms with van der Waals surface area (Å²) in [6, 6.07) is 19.9. The van der Waals surface area contributed by atoms with Gasteiger partial charge >= 0.3 is 5.97 Å². The molecule has 0 aliphatic carbocycles. The van der Waals surface area contributed by atoms with Gasteiger partial charge < -0.3 is 26.0 Å². The fraction of sp³-hybridized carbons (Fsp3) is 0.0833. The number of hydrogen-bond acceptors (Lipinski definition) is 11. The molecular formula is C36H30Cl2N8O10S2. The van der Waals surface area contributed by atoms with Crippen LogP contribution in [0.15, 0.2) is 120 Å². The Morgan fingerprint density at radius 3 is 1.74 bits per heavy atom. The maximum absolute atomic E-state index is 13.1. The molecule has 0 atom stereocenters. The number of nitrogens with one attached hydrogen (secondary N) is 4. The highest BCUT2D eigenvalue weighted by atomic mass is 35.5. The number of anilines is 3. The van der Waals surface area contributed by atoms with Crippen molar-refractivity contribution >= 4 is 78.1 Å². The SMILES string of the molecule is O=C(CCNC(=O)c1ccc(NS(=O)(=O)c2cnn(-c3ccc(Cl)cc3)c2)c(C(O)O)c1)Nc1ccc(NS(=O)(=O)c2cnn(-c3ccc(Cl)cc3)c2)c(C(=O)O)c1. The number of halogens is 2. The van der Waals surface area contributed by atoms with Gasteiger partial charge in [-0.3, -0.25) is 19.0 Å². The molecule has 0 saturated heterocycles. The Bertz CT molecular complexity index is 2740. The summed E-state index contributed by atoms with van der Waals surface area (Å²) in [6.45, 7) is -0.221. The number of carbonyl (C=O) groups excluding carboxylic acids is 2. The monoisotopic (exact) mass is 868 g/mol. The van der Waals surface area contributed by atoms with Crippen LogP contribution in [0.1, 0.15) is 39.0 Å². The van der Waals surface area contributed by atoms with Gasteiger partial charge in [-0.2, -0.15) is 10.2 Å². The van der Waals surface area contributed by atoms with E-state index in [2.05, 4.69) is 30.3 Å². The van der Waals surface area contributed by atoms with Crippen molar-refractivity contribution in [3.63, 3.8) is 0 Å². The van der Waals surface area contributed by atoms with Crippen molar-refractivity contribution in [3.8, 4) is 11.4 Å². The zero-order valence-corrected chi connectivity index (χ0v) is 32.6. The van der Waals surface area contributed by atoms with Crippen LogP contribution in [-0.4, -0.2) is 76.0 Å². The van der Waals surface area contributed by atoms with E-state index < -0.39 is 49.7 Å². The van der Waals surface area contributed by atoms with Crippen LogP contribution in [0.2, 0.25) is 10.0 Å². The van der Waals surface area contributed by atoms with Gasteiger partial charge in [0.25, 0.3) is 26.0 Å². The first-order chi connectivity index (χ1) is 27.5. The van der Waals surface area contributed by atoms with Crippen LogP contribution in [0.5, 0.6) is 0 Å². The molecule has 7 N–H and O–H groups in total. The van der Waals surface area contributed by atoms with Crippen molar-refractivity contribution in [2.45, 2.75) is 22.5 Å². The van der Waals surface area contributed by atoms with Gasteiger partial charge in [0.1, 0.15) is 9.79 Å². The quantitative estimate of drug-likeness (QED) is 0.0708. The highest BCUT2D eigenvalue weighted by Gasteiger charge is 2.23. The van der Waals surface area contributed by atoms with Gasteiger partial charge in [0.05, 0.1) is 53.1 Å². The third-order valence-electron chi connectivity index (χ3n) is 8.17. The van der Waals surface area contributed by atoms with Crippen molar-refractivity contribution < 1.29 is 46.5 Å². The highest BCUT2D eigenvalue weighted by Crippen LogP contribution is 2.27. The molecule has 6 aromatic rings. The lowest BCUT2D eigenvalue weighted by Crippen LogP contribution is -2.28. The first-order valence-electron chi connectivity index (χ1n) is 16.6. The van der Waals surface area contributed by atoms with Crippen molar-refractivity contribution in [2.75, 3.05) is 21.3 Å². The second kappa shape index (κ2) is 17.1. The van der Waals surface area contributed by atoms with Crippen LogP contribution in [-0.2, 0) is 24.8 Å². The molecule has 0 fully saturated rings. The van der Waals surface area contributed by atoms with Crippen LogP contribution in [0.4, 0.5) is 17.1 Å². The van der Waals surface area contributed by atoms with Gasteiger partial charge in [-0.15, -0.1) is 0 Å². The maximum Gasteiger partial charge on any atom is 0.337 e. The van der Waals surface area contributed by atoms with E-state index in [1.807, 2.05) is 0 Å². The summed E-state index contributed by atoms with van der Waals surface area (Å²) in [4.78, 5) is 37.2. The maximum atomic E-state index is 13.1. The van der Waals surface area contributed by atoms with E-state index in [1.165, 1.54) is 33.9 Å². The number of carbonyl (C=O) groups is 3. The van der Waals surface area contributed by atoms with Crippen molar-refractivity contribution in [1.82, 2.24) is 24.9 Å². The molecule has 0 radical (unpaired) electrons. The third-order valence-corrected chi connectivity index (χ3v) is 11.3. The second-order valence-corrected chi connectivity index (χ2v) is 16.4. The number of aliphatic hydroxyl groups is 2. The third kappa shape index (κ3) is 9.80. The number of aromatic carboxylic acids is 1. The molecule has 18 nitrogen and oxygen atoms in total. The average Bonchev–Trinajstić information content (AvgIpc) is 3.88. The van der Waals surface area contributed by atoms with E-state index in [4.69, 9.17) is 23.2 Å². The molecule has 22 heteroatoms. The highest BCUT2D eigenvalue weighted by molar-refractivity contribution is 7.93. The molecule has 0 unspecified atom stereocenters. The number of carboxylic acids is 1. The molecule has 58 heavy (non-hydrogen) atoms. The number of rotatable bonds is 15. The van der Waals surface area contributed by atoms with Gasteiger partial charge in [0.2, 0.25) is 5.91 Å². The zero-order chi connectivity index (χ0) is 41.8. The Kier molecular flexibility index (Phi) is 12.2. The summed E-state index contributed by atoms with van der Waals surface area (Å²) in [7, 11) is -8.58. The predicted molar refractivity (Wildman–Crippen MR) is 211 cm³/mol. The average molecular weight is 870 g/mol. The second-order valence-electron chi connectivity index (χ2n) is 12.2. The molecule has 2 amide bonds. The number of carboxylic acid groups (broad SMARTS) is 1. The number of aromatic nitrogens is 4. The molecule has 0 bridgehead atoms. The number of aliphatic hydroxyl groups excluding tert-OH is 1. The summed E-state index contributed by atoms with van der Waals surface area (Å²) >= 11 is 11.8. The Morgan fingerprint density at radius 2 is 1.22 bits per heavy atom. The molecule has 0 spiro atoms. The van der Waals surface area contributed by atoms with Gasteiger partial charge in [-0.1, -0.05) is 23.2 Å². The Morgan fingerprint density at radius 1 is 0.707 bits per heavy atom. The fourth-order valence-corrected chi connectivity index (χ4v) is 7.56. The lowest BCUT2D eigenvalue weighted by Gasteiger charge is -2.15. The lowest BCUT2D eigenvalue weighted by molar-refractivity contribution is -0.116. The van der Waals surface area contributed by atoms with E-state index in [9.17, 15) is 46.5 Å². The molecule has 0 aliphatic rings. The summed E-state index contributed by atoms with van der Waals surface area (Å²) in [5.74, 6) is -2.87. The number of amides is 2. The molecule has 6 rings (SSSR count). The zero-order valence-electron chi connectivity index (χ0n) is 29.4. The first-order valence-corrected chi connectivity index (χ1v) is 20.3. The molecular weight excluding hydrogens is 839 g/mol. The Hall–Kier alpha value is -6.29. The van der Waals surface area contributed by atoms with Gasteiger partial charge in [-0.25, -0.2) is 31.0 Å². The van der Waals surface area contributed by atoms with E-state index in [1.54, 1.807) is 48.5 Å². The van der Waals surface area contributed by atoms with Crippen molar-refractivity contribution in [2.24, 2.45) is 0 Å². The number of sulfonamides is 2. The topological polar surface area (TPSA) is 264 Å². The minimum Gasteiger partial charge on any atom is -0.478 e. The van der Waals surface area contributed by atoms with Gasteiger partial charge in [0, 0.05) is 39.8 Å². The minimum absolute atomic E-state index is 0.0178. The fourth-order valence-electron chi connectivity index (χ4n) is 5.28. The van der Waals surface area contributed by atoms with E-state index in [0.29, 0.717) is 21.4 Å². The predicted octanol–water partition coefficient (Wildman–Crippen LogP) is 4.41. The van der Waals surface area contributed by atoms with E-state index in [0.717, 1.165) is 36.7 Å². The normalized spacial score (nSPS) is 11.6. The van der Waals surface area contributed by atoms with Gasteiger partial charge in [0.15, 0.2) is 6.29 Å². The van der Waals surface area contributed by atoms with Gasteiger partial charge in [-0.05, 0) is 84.9 Å². The Balaban J connectivity index is 1.05. The first kappa shape index (κ1) is 41.3. The van der Waals surface area contributed by atoms with Crippen LogP contribution in [0, 0.1) is 0 Å². The molecule has 4 aromatic carbocycles. The van der Waals surface area contributed by atoms with Crippen LogP contribution in [0.3, 0.4) is 0 Å². The van der Waals surface area contributed by atoms with Crippen molar-refractivity contribution in [3.05, 3.63) is 136 Å². The Labute approximate surface area is 339 Å². The minimum atomic E-state index is -4.30. The van der Waals surface area contributed by atoms with Crippen LogP contribution >= 0.6 is 23.2 Å². The molecule has 0 saturated carbocycles. The van der Waals surface area contributed by atoms with Crippen LogP contribution < -0.4 is 20.1 Å². The summed E-state index contributed by atoms with van der Waals surface area (Å²) in [5.41, 5.74) is -0.335. The number of nitrogens with zero attached hydrogens (tertiary/aromatic N) is 4. The molecule has 2 heterocycles. The largest absolute Gasteiger partial charge is 0.478 e. The summed E-state index contributed by atoms with van der Waals surface area (Å²) < 4.78 is 59.6. The standard InChI is InChI=1S/C36H30Cl2N8O10S2/c37-22-2-7-25(8-3-22)45-19-27(17-40-45)57(53,54)43-31-11-1-21(15-29(31)35(49)50)34(48)39-14-13-33(47)42-24-6-12-32(30(16-24)36(51)52)44-58(55,56)28-18-41-46(20-28)26-9-4-23(38)5-10-26/h1-12,15-20,35,43-44,49-50H,13-14H2,(H,39,48)(H,42,47)(H,51,52). The summed E-state index contributed by atoms with van der Waals surface area (Å²) in [5, 5.41) is 43.8. The lowest BCUT2D eigenvalue weighted by atomic mass is 10.1. The smallest absolute Gasteiger partial charge is 0.337 e. The molecule has 300 valence electrons. The number of benzene rings is 4. The summed E-state index contributed by atoms with van der Waals surface area (Å²) in [6.07, 6.45) is 2.17. The van der Waals surface area contributed by atoms with E-state index >= 15 is 0 Å². The molecule has 0 aliphatic heterocycles. The van der Waals surface area contributed by atoms with Crippen LogP contribution in [0.25, 0.3) is 11.4 Å². The van der Waals surface area contributed by atoms with E-state index in [-0.39, 0.29) is 50.9 Å². The van der Waals surface area contributed by atoms with Crippen molar-refractivity contribution in [1.29, 1.82) is 0 Å². The molecule has 2 aromatic heterocycles.